The van der Waals surface area contributed by atoms with E-state index in [1.54, 1.807) is 10.9 Å². The molecule has 0 radical (unpaired) electrons. The van der Waals surface area contributed by atoms with Gasteiger partial charge in [-0.25, -0.2) is 4.68 Å². The number of hydrogen-bond donors (Lipinski definition) is 2. The van der Waals surface area contributed by atoms with Crippen molar-refractivity contribution >= 4 is 11.8 Å². The largest absolute Gasteiger partial charge is 0.354 e. The molecule has 3 rings (SSSR count). The van der Waals surface area contributed by atoms with E-state index in [2.05, 4.69) is 15.7 Å². The number of benzene rings is 2. The standard InChI is InChI=1S/C24H28N4O2/c1-18(2)17-22(29)27-23(20-7-4-3-5-8-20)24(30)25-15-13-19-9-11-21(12-10-19)28-16-6-14-26-28/h3-12,14,16,18,23H,13,15,17H2,1-2H3,(H,25,30)(H,27,29). The molecule has 0 aliphatic heterocycles. The summed E-state index contributed by atoms with van der Waals surface area (Å²) >= 11 is 0. The number of nitrogens with zero attached hydrogens (tertiary/aromatic N) is 2. The van der Waals surface area contributed by atoms with Crippen LogP contribution in [0.5, 0.6) is 0 Å². The van der Waals surface area contributed by atoms with Crippen molar-refractivity contribution in [3.05, 3.63) is 84.2 Å². The monoisotopic (exact) mass is 404 g/mol. The summed E-state index contributed by atoms with van der Waals surface area (Å²) in [5.74, 6) is -0.0936. The Morgan fingerprint density at radius 2 is 1.73 bits per heavy atom. The second kappa shape index (κ2) is 10.4. The first-order chi connectivity index (χ1) is 14.5. The first-order valence-corrected chi connectivity index (χ1v) is 10.2. The number of carbonyl (C=O) groups excluding carboxylic acids is 2. The first-order valence-electron chi connectivity index (χ1n) is 10.2. The van der Waals surface area contributed by atoms with Gasteiger partial charge in [0, 0.05) is 25.4 Å². The van der Waals surface area contributed by atoms with Crippen LogP contribution in [0, 0.1) is 5.92 Å². The topological polar surface area (TPSA) is 76.0 Å². The fourth-order valence-corrected chi connectivity index (χ4v) is 3.21. The molecule has 0 saturated carbocycles. The van der Waals surface area contributed by atoms with Crippen LogP contribution in [0.25, 0.3) is 5.69 Å². The number of carbonyl (C=O) groups is 2. The Morgan fingerprint density at radius 3 is 2.37 bits per heavy atom. The zero-order chi connectivity index (χ0) is 21.3. The smallest absolute Gasteiger partial charge is 0.247 e. The van der Waals surface area contributed by atoms with Crippen LogP contribution in [0.1, 0.15) is 37.4 Å². The molecule has 0 aliphatic rings. The predicted octanol–water partition coefficient (Wildman–Crippen LogP) is 3.43. The molecule has 1 aromatic heterocycles. The highest BCUT2D eigenvalue weighted by molar-refractivity contribution is 5.88. The van der Waals surface area contributed by atoms with Crippen molar-refractivity contribution in [2.24, 2.45) is 5.92 Å². The summed E-state index contributed by atoms with van der Waals surface area (Å²) in [4.78, 5) is 25.1. The average molecular weight is 405 g/mol. The third-order valence-electron chi connectivity index (χ3n) is 4.71. The van der Waals surface area contributed by atoms with Gasteiger partial charge in [0.25, 0.3) is 0 Å². The molecular formula is C24H28N4O2. The summed E-state index contributed by atoms with van der Waals surface area (Å²) in [6.45, 7) is 4.45. The normalized spacial score (nSPS) is 11.8. The molecule has 2 N–H and O–H groups in total. The Labute approximate surface area is 177 Å². The number of aromatic nitrogens is 2. The van der Waals surface area contributed by atoms with Crippen molar-refractivity contribution in [1.29, 1.82) is 0 Å². The third-order valence-corrected chi connectivity index (χ3v) is 4.71. The number of hydrogen-bond acceptors (Lipinski definition) is 3. The summed E-state index contributed by atoms with van der Waals surface area (Å²) in [5, 5.41) is 10.1. The van der Waals surface area contributed by atoms with Gasteiger partial charge in [-0.15, -0.1) is 0 Å². The van der Waals surface area contributed by atoms with E-state index >= 15 is 0 Å². The van der Waals surface area contributed by atoms with E-state index in [1.807, 2.05) is 80.7 Å². The van der Waals surface area contributed by atoms with Crippen LogP contribution < -0.4 is 10.6 Å². The van der Waals surface area contributed by atoms with Gasteiger partial charge in [0.05, 0.1) is 5.69 Å². The third kappa shape index (κ3) is 6.04. The zero-order valence-corrected chi connectivity index (χ0v) is 17.4. The molecular weight excluding hydrogens is 376 g/mol. The molecule has 30 heavy (non-hydrogen) atoms. The van der Waals surface area contributed by atoms with Crippen molar-refractivity contribution < 1.29 is 9.59 Å². The van der Waals surface area contributed by atoms with E-state index in [-0.39, 0.29) is 17.7 Å². The second-order valence-corrected chi connectivity index (χ2v) is 7.67. The van der Waals surface area contributed by atoms with Gasteiger partial charge < -0.3 is 10.6 Å². The average Bonchev–Trinajstić information content (AvgIpc) is 3.27. The number of rotatable bonds is 9. The molecule has 1 unspecified atom stereocenters. The molecule has 0 fully saturated rings. The summed E-state index contributed by atoms with van der Waals surface area (Å²) in [6.07, 6.45) is 4.73. The van der Waals surface area contributed by atoms with Crippen molar-refractivity contribution in [2.45, 2.75) is 32.7 Å². The molecule has 0 spiro atoms. The summed E-state index contributed by atoms with van der Waals surface area (Å²) < 4.78 is 1.80. The van der Waals surface area contributed by atoms with Crippen LogP contribution in [-0.4, -0.2) is 28.1 Å². The van der Waals surface area contributed by atoms with E-state index in [0.717, 1.165) is 16.8 Å². The molecule has 3 aromatic rings. The van der Waals surface area contributed by atoms with Crippen molar-refractivity contribution in [1.82, 2.24) is 20.4 Å². The van der Waals surface area contributed by atoms with Gasteiger partial charge in [-0.1, -0.05) is 56.3 Å². The number of amides is 2. The summed E-state index contributed by atoms with van der Waals surface area (Å²) in [7, 11) is 0. The lowest BCUT2D eigenvalue weighted by Crippen LogP contribution is -2.41. The minimum atomic E-state index is -0.695. The van der Waals surface area contributed by atoms with Gasteiger partial charge >= 0.3 is 0 Å². The van der Waals surface area contributed by atoms with Crippen molar-refractivity contribution in [2.75, 3.05) is 6.54 Å². The first kappa shape index (κ1) is 21.3. The van der Waals surface area contributed by atoms with Gasteiger partial charge in [0.15, 0.2) is 0 Å². The fourth-order valence-electron chi connectivity index (χ4n) is 3.21. The highest BCUT2D eigenvalue weighted by atomic mass is 16.2. The predicted molar refractivity (Wildman–Crippen MR) is 117 cm³/mol. The minimum Gasteiger partial charge on any atom is -0.354 e. The molecule has 6 heteroatoms. The Bertz CT molecular complexity index is 935. The molecule has 156 valence electrons. The lowest BCUT2D eigenvalue weighted by Gasteiger charge is -2.19. The quantitative estimate of drug-likeness (QED) is 0.574. The van der Waals surface area contributed by atoms with E-state index in [1.165, 1.54) is 0 Å². The number of nitrogens with one attached hydrogen (secondary N) is 2. The SMILES string of the molecule is CC(C)CC(=O)NC(C(=O)NCCc1ccc(-n2cccn2)cc1)c1ccccc1. The lowest BCUT2D eigenvalue weighted by atomic mass is 10.0. The lowest BCUT2D eigenvalue weighted by molar-refractivity contribution is -0.129. The Morgan fingerprint density at radius 1 is 1.00 bits per heavy atom. The van der Waals surface area contributed by atoms with Gasteiger partial charge in [-0.3, -0.25) is 9.59 Å². The molecule has 0 aliphatic carbocycles. The fraction of sp³-hybridized carbons (Fsp3) is 0.292. The summed E-state index contributed by atoms with van der Waals surface area (Å²) in [6, 6.07) is 18.6. The molecule has 2 aromatic carbocycles. The molecule has 2 amide bonds. The highest BCUT2D eigenvalue weighted by Crippen LogP contribution is 2.14. The van der Waals surface area contributed by atoms with Crippen molar-refractivity contribution in [3.63, 3.8) is 0 Å². The highest BCUT2D eigenvalue weighted by Gasteiger charge is 2.22. The van der Waals surface area contributed by atoms with E-state index in [0.29, 0.717) is 19.4 Å². The maximum atomic E-state index is 12.8. The Kier molecular flexibility index (Phi) is 7.38. The van der Waals surface area contributed by atoms with Crippen LogP contribution in [0.4, 0.5) is 0 Å². The van der Waals surface area contributed by atoms with Crippen molar-refractivity contribution in [3.8, 4) is 5.69 Å². The molecule has 6 nitrogen and oxygen atoms in total. The van der Waals surface area contributed by atoms with E-state index in [4.69, 9.17) is 0 Å². The van der Waals surface area contributed by atoms with Gasteiger partial charge in [0.1, 0.15) is 6.04 Å². The second-order valence-electron chi connectivity index (χ2n) is 7.67. The van der Waals surface area contributed by atoms with Crippen LogP contribution in [0.3, 0.4) is 0 Å². The van der Waals surface area contributed by atoms with Gasteiger partial charge in [-0.05, 0) is 41.7 Å². The van der Waals surface area contributed by atoms with Gasteiger partial charge in [-0.2, -0.15) is 5.10 Å². The molecule has 0 bridgehead atoms. The zero-order valence-electron chi connectivity index (χ0n) is 17.4. The summed E-state index contributed by atoms with van der Waals surface area (Å²) in [5.41, 5.74) is 2.88. The van der Waals surface area contributed by atoms with Crippen LogP contribution in [0.15, 0.2) is 73.1 Å². The molecule has 1 atom stereocenters. The maximum Gasteiger partial charge on any atom is 0.247 e. The maximum absolute atomic E-state index is 12.8. The Hall–Kier alpha value is -3.41. The van der Waals surface area contributed by atoms with Gasteiger partial charge in [0.2, 0.25) is 11.8 Å². The van der Waals surface area contributed by atoms with Crippen LogP contribution in [0.2, 0.25) is 0 Å². The minimum absolute atomic E-state index is 0.122. The Balaban J connectivity index is 1.58. The van der Waals surface area contributed by atoms with Crippen LogP contribution in [-0.2, 0) is 16.0 Å². The van der Waals surface area contributed by atoms with E-state index < -0.39 is 6.04 Å². The molecule has 0 saturated heterocycles. The molecule has 1 heterocycles. The van der Waals surface area contributed by atoms with Crippen LogP contribution >= 0.6 is 0 Å². The van der Waals surface area contributed by atoms with E-state index in [9.17, 15) is 9.59 Å².